The van der Waals surface area contributed by atoms with E-state index in [0.29, 0.717) is 0 Å². The van der Waals surface area contributed by atoms with E-state index in [9.17, 15) is 4.79 Å². The number of hydrogen-bond donors (Lipinski definition) is 0. The molecule has 2 rings (SSSR count). The maximum absolute atomic E-state index is 11.2. The molecule has 0 aliphatic heterocycles. The van der Waals surface area contributed by atoms with Gasteiger partial charge in [-0.1, -0.05) is 18.2 Å². The lowest BCUT2D eigenvalue weighted by Gasteiger charge is -2.11. The summed E-state index contributed by atoms with van der Waals surface area (Å²) in [4.78, 5) is 15.2. The van der Waals surface area contributed by atoms with Crippen molar-refractivity contribution in [3.8, 4) is 5.75 Å². The summed E-state index contributed by atoms with van der Waals surface area (Å²) in [6, 6.07) is 11.2. The zero-order chi connectivity index (χ0) is 12.1. The Kier molecular flexibility index (Phi) is 3.50. The fourth-order valence-corrected chi connectivity index (χ4v) is 1.72. The molecule has 0 aliphatic rings. The maximum Gasteiger partial charge on any atom is 0.131 e. The molecule has 3 nitrogen and oxygen atoms in total. The van der Waals surface area contributed by atoms with Gasteiger partial charge >= 0.3 is 0 Å². The maximum atomic E-state index is 11.2. The van der Waals surface area contributed by atoms with Crippen molar-refractivity contribution in [2.45, 2.75) is 5.92 Å². The van der Waals surface area contributed by atoms with Crippen LogP contribution in [0.4, 0.5) is 0 Å². The van der Waals surface area contributed by atoms with Crippen LogP contribution in [0.1, 0.15) is 17.0 Å². The van der Waals surface area contributed by atoms with Gasteiger partial charge in [0.15, 0.2) is 0 Å². The van der Waals surface area contributed by atoms with Crippen molar-refractivity contribution >= 4 is 6.29 Å². The third-order valence-corrected chi connectivity index (χ3v) is 2.65. The van der Waals surface area contributed by atoms with E-state index >= 15 is 0 Å². The number of carbonyl (C=O) groups is 1. The molecule has 86 valence electrons. The number of ether oxygens (including phenoxy) is 1. The Morgan fingerprint density at radius 2 is 1.94 bits per heavy atom. The van der Waals surface area contributed by atoms with Gasteiger partial charge in [0.2, 0.25) is 0 Å². The third-order valence-electron chi connectivity index (χ3n) is 2.65. The van der Waals surface area contributed by atoms with Gasteiger partial charge in [0.1, 0.15) is 12.0 Å². The van der Waals surface area contributed by atoms with Gasteiger partial charge in [0, 0.05) is 12.4 Å². The summed E-state index contributed by atoms with van der Waals surface area (Å²) in [6.45, 7) is 0. The second-order valence-electron chi connectivity index (χ2n) is 3.67. The molecule has 2 aromatic rings. The quantitative estimate of drug-likeness (QED) is 0.753. The molecular weight excluding hydrogens is 214 g/mol. The molecular formula is C14H13NO2. The summed E-state index contributed by atoms with van der Waals surface area (Å²) >= 11 is 0. The molecule has 1 aromatic carbocycles. The minimum absolute atomic E-state index is 0.269. The molecule has 0 aliphatic carbocycles. The van der Waals surface area contributed by atoms with E-state index in [2.05, 4.69) is 4.98 Å². The molecule has 17 heavy (non-hydrogen) atoms. The second kappa shape index (κ2) is 5.25. The smallest absolute Gasteiger partial charge is 0.131 e. The van der Waals surface area contributed by atoms with Gasteiger partial charge in [0.25, 0.3) is 0 Å². The van der Waals surface area contributed by atoms with Crippen LogP contribution in [0.25, 0.3) is 0 Å². The minimum Gasteiger partial charge on any atom is -0.497 e. The highest BCUT2D eigenvalue weighted by Crippen LogP contribution is 2.23. The molecule has 3 heteroatoms. The molecule has 0 saturated carbocycles. The highest BCUT2D eigenvalue weighted by molar-refractivity contribution is 5.68. The first-order valence-corrected chi connectivity index (χ1v) is 5.34. The van der Waals surface area contributed by atoms with Crippen LogP contribution in [0.5, 0.6) is 5.75 Å². The summed E-state index contributed by atoms with van der Waals surface area (Å²) in [5.41, 5.74) is 1.83. The Labute approximate surface area is 100 Å². The largest absolute Gasteiger partial charge is 0.497 e. The van der Waals surface area contributed by atoms with E-state index in [-0.39, 0.29) is 5.92 Å². The predicted octanol–water partition coefficient (Wildman–Crippen LogP) is 2.42. The Morgan fingerprint density at radius 3 is 2.47 bits per heavy atom. The molecule has 1 unspecified atom stereocenters. The Balaban J connectivity index is 2.32. The Bertz CT molecular complexity index is 479. The number of carbonyl (C=O) groups excluding carboxylic acids is 1. The summed E-state index contributed by atoms with van der Waals surface area (Å²) in [7, 11) is 1.62. The first-order valence-electron chi connectivity index (χ1n) is 5.34. The van der Waals surface area contributed by atoms with Crippen LogP contribution >= 0.6 is 0 Å². The fraction of sp³-hybridized carbons (Fsp3) is 0.143. The number of aromatic nitrogens is 1. The lowest BCUT2D eigenvalue weighted by Crippen LogP contribution is -2.02. The van der Waals surface area contributed by atoms with E-state index in [1.807, 2.05) is 36.4 Å². The van der Waals surface area contributed by atoms with Crippen LogP contribution in [0.2, 0.25) is 0 Å². The van der Waals surface area contributed by atoms with Crippen molar-refractivity contribution in [2.75, 3.05) is 7.11 Å². The number of rotatable bonds is 4. The number of hydrogen-bond acceptors (Lipinski definition) is 3. The van der Waals surface area contributed by atoms with Crippen molar-refractivity contribution in [1.29, 1.82) is 0 Å². The average Bonchev–Trinajstić information content (AvgIpc) is 2.42. The summed E-state index contributed by atoms with van der Waals surface area (Å²) in [5.74, 6) is 0.513. The first kappa shape index (κ1) is 11.3. The molecule has 0 bridgehead atoms. The van der Waals surface area contributed by atoms with Crippen LogP contribution in [0, 0.1) is 0 Å². The van der Waals surface area contributed by atoms with Crippen LogP contribution in [0.15, 0.2) is 48.8 Å². The monoisotopic (exact) mass is 227 g/mol. The van der Waals surface area contributed by atoms with Gasteiger partial charge in [0.05, 0.1) is 13.0 Å². The topological polar surface area (TPSA) is 39.2 Å². The standard InChI is InChI=1S/C14H13NO2/c1-17-13-6-4-11(5-7-13)14(10-16)12-3-2-8-15-9-12/h2-10,14H,1H3. The van der Waals surface area contributed by atoms with Crippen LogP contribution in [0.3, 0.4) is 0 Å². The average molecular weight is 227 g/mol. The molecule has 0 amide bonds. The predicted molar refractivity (Wildman–Crippen MR) is 65.1 cm³/mol. The third kappa shape index (κ3) is 2.50. The fourth-order valence-electron chi connectivity index (χ4n) is 1.72. The number of benzene rings is 1. The van der Waals surface area contributed by atoms with E-state index in [4.69, 9.17) is 4.74 Å². The van der Waals surface area contributed by atoms with Gasteiger partial charge in [-0.3, -0.25) is 4.98 Å². The summed E-state index contributed by atoms with van der Waals surface area (Å²) in [6.07, 6.45) is 4.33. The number of nitrogens with zero attached hydrogens (tertiary/aromatic N) is 1. The lowest BCUT2D eigenvalue weighted by atomic mass is 9.94. The number of pyridine rings is 1. The molecule has 1 aromatic heterocycles. The molecule has 1 atom stereocenters. The zero-order valence-electron chi connectivity index (χ0n) is 9.54. The molecule has 1 heterocycles. The Hall–Kier alpha value is -2.16. The first-order chi connectivity index (χ1) is 8.35. The van der Waals surface area contributed by atoms with Crippen molar-refractivity contribution in [3.05, 3.63) is 59.9 Å². The second-order valence-corrected chi connectivity index (χ2v) is 3.67. The SMILES string of the molecule is COc1ccc(C(C=O)c2cccnc2)cc1. The van der Waals surface area contributed by atoms with E-state index < -0.39 is 0 Å². The highest BCUT2D eigenvalue weighted by atomic mass is 16.5. The van der Waals surface area contributed by atoms with Gasteiger partial charge in [-0.15, -0.1) is 0 Å². The zero-order valence-corrected chi connectivity index (χ0v) is 9.54. The van der Waals surface area contributed by atoms with E-state index in [1.165, 1.54) is 0 Å². The van der Waals surface area contributed by atoms with E-state index in [1.54, 1.807) is 19.5 Å². The Morgan fingerprint density at radius 1 is 1.18 bits per heavy atom. The van der Waals surface area contributed by atoms with Crippen LogP contribution in [-0.4, -0.2) is 18.4 Å². The molecule has 0 N–H and O–H groups in total. The molecule has 0 spiro atoms. The minimum atomic E-state index is -0.269. The van der Waals surface area contributed by atoms with Crippen molar-refractivity contribution in [2.24, 2.45) is 0 Å². The van der Waals surface area contributed by atoms with Crippen molar-refractivity contribution in [3.63, 3.8) is 0 Å². The van der Waals surface area contributed by atoms with E-state index in [0.717, 1.165) is 23.2 Å². The van der Waals surface area contributed by atoms with Crippen LogP contribution in [-0.2, 0) is 4.79 Å². The van der Waals surface area contributed by atoms with Gasteiger partial charge in [-0.05, 0) is 29.3 Å². The van der Waals surface area contributed by atoms with Crippen molar-refractivity contribution in [1.82, 2.24) is 4.98 Å². The molecule has 0 radical (unpaired) electrons. The van der Waals surface area contributed by atoms with Crippen LogP contribution < -0.4 is 4.74 Å². The van der Waals surface area contributed by atoms with Gasteiger partial charge in [-0.2, -0.15) is 0 Å². The molecule has 0 fully saturated rings. The number of methoxy groups -OCH3 is 1. The number of aldehydes is 1. The highest BCUT2D eigenvalue weighted by Gasteiger charge is 2.12. The lowest BCUT2D eigenvalue weighted by molar-refractivity contribution is -0.108. The normalized spacial score (nSPS) is 11.8. The van der Waals surface area contributed by atoms with Gasteiger partial charge < -0.3 is 9.53 Å². The summed E-state index contributed by atoms with van der Waals surface area (Å²) < 4.78 is 5.09. The van der Waals surface area contributed by atoms with Gasteiger partial charge in [-0.25, -0.2) is 0 Å². The molecule has 0 saturated heterocycles. The van der Waals surface area contributed by atoms with Crippen molar-refractivity contribution < 1.29 is 9.53 Å². The summed E-state index contributed by atoms with van der Waals surface area (Å²) in [5, 5.41) is 0.